The summed E-state index contributed by atoms with van der Waals surface area (Å²) in [6.45, 7) is 3.33. The van der Waals surface area contributed by atoms with E-state index in [1.54, 1.807) is 4.57 Å². The van der Waals surface area contributed by atoms with Gasteiger partial charge in [0.25, 0.3) is 5.91 Å². The highest BCUT2D eigenvalue weighted by Gasteiger charge is 2.46. The summed E-state index contributed by atoms with van der Waals surface area (Å²) >= 11 is 0. The van der Waals surface area contributed by atoms with Crippen LogP contribution in [0, 0.1) is 0 Å². The summed E-state index contributed by atoms with van der Waals surface area (Å²) in [5.74, 6) is 0.969. The minimum Gasteiger partial charge on any atom is -0.494 e. The third-order valence-electron chi connectivity index (χ3n) is 5.58. The number of aliphatic hydroxyl groups excluding tert-OH is 1. The van der Waals surface area contributed by atoms with Crippen LogP contribution in [-0.2, 0) is 16.1 Å². The molecule has 1 aliphatic rings. The highest BCUT2D eigenvalue weighted by Crippen LogP contribution is 2.31. The zero-order chi connectivity index (χ0) is 23.4. The Balaban J connectivity index is 1.50. The molecule has 4 unspecified atom stereocenters. The van der Waals surface area contributed by atoms with Crippen LogP contribution in [0.1, 0.15) is 31.6 Å². The van der Waals surface area contributed by atoms with Crippen molar-refractivity contribution in [1.29, 1.82) is 0 Å². The summed E-state index contributed by atoms with van der Waals surface area (Å²) in [6, 6.07) is 7.00. The number of anilines is 1. The second-order valence-electron chi connectivity index (χ2n) is 7.88. The molecule has 0 radical (unpaired) electrons. The van der Waals surface area contributed by atoms with E-state index in [0.29, 0.717) is 30.1 Å². The number of hydrogen-bond acceptors (Lipinski definition) is 9. The topological polar surface area (TPSA) is 149 Å². The molecule has 11 heteroatoms. The van der Waals surface area contributed by atoms with Gasteiger partial charge in [0.1, 0.15) is 18.2 Å². The van der Waals surface area contributed by atoms with Crippen LogP contribution in [0.5, 0.6) is 5.75 Å². The van der Waals surface area contributed by atoms with Crippen molar-refractivity contribution < 1.29 is 19.4 Å². The largest absolute Gasteiger partial charge is 0.494 e. The predicted molar refractivity (Wildman–Crippen MR) is 121 cm³/mol. The second-order valence-corrected chi connectivity index (χ2v) is 7.88. The van der Waals surface area contributed by atoms with E-state index in [0.717, 1.165) is 24.2 Å². The Morgan fingerprint density at radius 2 is 2.18 bits per heavy atom. The van der Waals surface area contributed by atoms with Crippen molar-refractivity contribution in [1.82, 2.24) is 24.8 Å². The van der Waals surface area contributed by atoms with Crippen LogP contribution < -0.4 is 21.1 Å². The van der Waals surface area contributed by atoms with Gasteiger partial charge in [0, 0.05) is 13.6 Å². The quantitative estimate of drug-likeness (QED) is 0.346. The number of likely N-dealkylation sites (N-methyl/N-ethyl adjacent to an activating group) is 1. The number of carbonyl (C=O) groups excluding carboxylic acids is 1. The molecule has 4 rings (SSSR count). The Bertz CT molecular complexity index is 1110. The summed E-state index contributed by atoms with van der Waals surface area (Å²) < 4.78 is 13.1. The van der Waals surface area contributed by atoms with Crippen molar-refractivity contribution in [3.63, 3.8) is 0 Å². The molecule has 11 nitrogen and oxygen atoms in total. The third-order valence-corrected chi connectivity index (χ3v) is 5.58. The number of benzene rings is 1. The molecule has 3 heterocycles. The van der Waals surface area contributed by atoms with Crippen LogP contribution in [-0.4, -0.2) is 62.4 Å². The van der Waals surface area contributed by atoms with Gasteiger partial charge in [-0.2, -0.15) is 0 Å². The van der Waals surface area contributed by atoms with Crippen LogP contribution in [0.15, 0.2) is 36.9 Å². The lowest BCUT2D eigenvalue weighted by Gasteiger charge is -2.16. The number of unbranched alkanes of at least 4 members (excludes halogenated alkanes) is 1. The van der Waals surface area contributed by atoms with Gasteiger partial charge in [-0.1, -0.05) is 25.5 Å². The van der Waals surface area contributed by atoms with Crippen LogP contribution >= 0.6 is 0 Å². The van der Waals surface area contributed by atoms with Gasteiger partial charge in [-0.05, 0) is 24.1 Å². The number of amides is 1. The van der Waals surface area contributed by atoms with E-state index in [9.17, 15) is 9.90 Å². The molecule has 1 aromatic carbocycles. The predicted octanol–water partition coefficient (Wildman–Crippen LogP) is 0.949. The molecule has 0 spiro atoms. The van der Waals surface area contributed by atoms with E-state index in [-0.39, 0.29) is 0 Å². The maximum absolute atomic E-state index is 12.0. The number of aromatic nitrogens is 4. The number of carbonyl (C=O) groups is 1. The first kappa shape index (κ1) is 22.9. The molecule has 33 heavy (non-hydrogen) atoms. The Kier molecular flexibility index (Phi) is 7.02. The lowest BCUT2D eigenvalue weighted by molar-refractivity contribution is -0.134. The van der Waals surface area contributed by atoms with E-state index < -0.39 is 30.4 Å². The fourth-order valence-corrected chi connectivity index (χ4v) is 3.73. The normalized spacial score (nSPS) is 22.4. The summed E-state index contributed by atoms with van der Waals surface area (Å²) in [6.07, 6.45) is 2.03. The Labute approximate surface area is 191 Å². The van der Waals surface area contributed by atoms with Crippen LogP contribution in [0.25, 0.3) is 11.2 Å². The lowest BCUT2D eigenvalue weighted by Crippen LogP contribution is -2.46. The molecular formula is C22H29N7O4. The molecule has 1 fully saturated rings. The molecular weight excluding hydrogens is 426 g/mol. The molecule has 1 aliphatic heterocycles. The van der Waals surface area contributed by atoms with Gasteiger partial charge in [-0.3, -0.25) is 9.36 Å². The van der Waals surface area contributed by atoms with Gasteiger partial charge < -0.3 is 30.9 Å². The Morgan fingerprint density at radius 1 is 1.33 bits per heavy atom. The average molecular weight is 456 g/mol. The van der Waals surface area contributed by atoms with E-state index in [1.807, 2.05) is 24.3 Å². The first-order chi connectivity index (χ1) is 16.0. The van der Waals surface area contributed by atoms with Crippen molar-refractivity contribution in [2.45, 2.75) is 50.8 Å². The van der Waals surface area contributed by atoms with Crippen molar-refractivity contribution in [3.8, 4) is 5.75 Å². The standard InChI is InChI=1S/C22H29N7O4/c1-3-4-8-32-14-7-5-6-13(9-14)10-25-19-16-20(27-11-26-19)29(12-28-16)22-17(30)15(23)18(33-22)21(31)24-2/h5-7,9,11-12,15,17-18,22,30H,3-4,8,10,23H2,1-2H3,(H,24,31)(H,25,26,27). The molecule has 2 aromatic heterocycles. The number of nitrogens with zero attached hydrogens (tertiary/aromatic N) is 4. The van der Waals surface area contributed by atoms with Crippen molar-refractivity contribution in [2.24, 2.45) is 5.73 Å². The van der Waals surface area contributed by atoms with Crippen LogP contribution in [0.2, 0.25) is 0 Å². The number of nitrogens with one attached hydrogen (secondary N) is 2. The minimum atomic E-state index is -1.11. The average Bonchev–Trinajstić information content (AvgIpc) is 3.39. The minimum absolute atomic E-state index is 0.397. The summed E-state index contributed by atoms with van der Waals surface area (Å²) in [4.78, 5) is 25.1. The van der Waals surface area contributed by atoms with Gasteiger partial charge in [0.15, 0.2) is 29.3 Å². The summed E-state index contributed by atoms with van der Waals surface area (Å²) in [5.41, 5.74) is 8.01. The third kappa shape index (κ3) is 4.75. The molecule has 0 saturated carbocycles. The van der Waals surface area contributed by atoms with Gasteiger partial charge in [-0.25, -0.2) is 15.0 Å². The number of rotatable bonds is 9. The summed E-state index contributed by atoms with van der Waals surface area (Å²) in [7, 11) is 1.49. The first-order valence-electron chi connectivity index (χ1n) is 11.0. The van der Waals surface area contributed by atoms with E-state index >= 15 is 0 Å². The number of imidazole rings is 1. The number of hydrogen-bond donors (Lipinski definition) is 4. The monoisotopic (exact) mass is 455 g/mol. The first-order valence-corrected chi connectivity index (χ1v) is 11.0. The smallest absolute Gasteiger partial charge is 0.250 e. The molecule has 1 amide bonds. The SMILES string of the molecule is CCCCOc1cccc(CNc2ncnc3c2ncn3C2OC(C(=O)NC)C(N)C2O)c1. The van der Waals surface area contributed by atoms with Gasteiger partial charge in [0.05, 0.1) is 19.0 Å². The maximum Gasteiger partial charge on any atom is 0.250 e. The maximum atomic E-state index is 12.0. The lowest BCUT2D eigenvalue weighted by atomic mass is 10.1. The Hall–Kier alpha value is -3.28. The Morgan fingerprint density at radius 3 is 2.97 bits per heavy atom. The van der Waals surface area contributed by atoms with E-state index in [4.69, 9.17) is 15.2 Å². The molecule has 0 aliphatic carbocycles. The molecule has 176 valence electrons. The second kappa shape index (κ2) is 10.1. The van der Waals surface area contributed by atoms with Crippen molar-refractivity contribution >= 4 is 22.9 Å². The highest BCUT2D eigenvalue weighted by molar-refractivity contribution is 5.83. The molecule has 5 N–H and O–H groups in total. The molecule has 4 atom stereocenters. The number of aliphatic hydroxyl groups is 1. The fraction of sp³-hybridized carbons (Fsp3) is 0.455. The van der Waals surface area contributed by atoms with E-state index in [1.165, 1.54) is 19.7 Å². The van der Waals surface area contributed by atoms with E-state index in [2.05, 4.69) is 32.5 Å². The van der Waals surface area contributed by atoms with Crippen LogP contribution in [0.3, 0.4) is 0 Å². The highest BCUT2D eigenvalue weighted by atomic mass is 16.5. The molecule has 0 bridgehead atoms. The molecule has 3 aromatic rings. The van der Waals surface area contributed by atoms with Gasteiger partial charge in [0.2, 0.25) is 0 Å². The van der Waals surface area contributed by atoms with Crippen molar-refractivity contribution in [2.75, 3.05) is 19.0 Å². The molecule has 1 saturated heterocycles. The van der Waals surface area contributed by atoms with Gasteiger partial charge in [-0.15, -0.1) is 0 Å². The van der Waals surface area contributed by atoms with Crippen LogP contribution in [0.4, 0.5) is 5.82 Å². The van der Waals surface area contributed by atoms with Crippen molar-refractivity contribution in [3.05, 3.63) is 42.5 Å². The zero-order valence-corrected chi connectivity index (χ0v) is 18.6. The summed E-state index contributed by atoms with van der Waals surface area (Å²) in [5, 5.41) is 16.4. The fourth-order valence-electron chi connectivity index (χ4n) is 3.73. The van der Waals surface area contributed by atoms with Gasteiger partial charge >= 0.3 is 0 Å². The number of fused-ring (bicyclic) bond motifs is 1. The zero-order valence-electron chi connectivity index (χ0n) is 18.6. The number of nitrogens with two attached hydrogens (primary N) is 1. The number of ether oxygens (including phenoxy) is 2.